The monoisotopic (exact) mass is 257 g/mol. The Hall–Kier alpha value is -1.13. The number of halogens is 1. The van der Waals surface area contributed by atoms with Crippen LogP contribution in [-0.4, -0.2) is 10.9 Å². The van der Waals surface area contributed by atoms with Crippen LogP contribution in [0.4, 0.5) is 5.82 Å². The minimum atomic E-state index is -0.0589. The Balaban J connectivity index is 0.00000256. The van der Waals surface area contributed by atoms with Crippen LogP contribution in [0.15, 0.2) is 12.1 Å². The van der Waals surface area contributed by atoms with Crippen molar-refractivity contribution in [3.05, 3.63) is 23.4 Å². The fourth-order valence-corrected chi connectivity index (χ4v) is 1.29. The Morgan fingerprint density at radius 2 is 1.94 bits per heavy atom. The van der Waals surface area contributed by atoms with Gasteiger partial charge in [-0.25, -0.2) is 4.98 Å². The van der Waals surface area contributed by atoms with Crippen LogP contribution in [0, 0.1) is 12.8 Å². The third-order valence-corrected chi connectivity index (χ3v) is 2.28. The number of nitrogens with zero attached hydrogens (tertiary/aromatic N) is 1. The van der Waals surface area contributed by atoms with E-state index in [1.165, 1.54) is 0 Å². The zero-order chi connectivity index (χ0) is 12.3. The highest BCUT2D eigenvalue weighted by molar-refractivity contribution is 5.91. The van der Waals surface area contributed by atoms with E-state index < -0.39 is 0 Å². The van der Waals surface area contributed by atoms with E-state index in [0.717, 1.165) is 11.3 Å². The van der Waals surface area contributed by atoms with Gasteiger partial charge in [0, 0.05) is 17.7 Å². The lowest BCUT2D eigenvalue weighted by atomic mass is 10.1. The van der Waals surface area contributed by atoms with Crippen molar-refractivity contribution in [3.8, 4) is 0 Å². The number of nitrogens with two attached hydrogens (primary N) is 1. The second kappa shape index (κ2) is 6.57. The van der Waals surface area contributed by atoms with Crippen LogP contribution < -0.4 is 11.1 Å². The lowest BCUT2D eigenvalue weighted by Crippen LogP contribution is -2.19. The Morgan fingerprint density at radius 3 is 2.41 bits per heavy atom. The fourth-order valence-electron chi connectivity index (χ4n) is 1.29. The molecule has 96 valence electrons. The molecule has 5 heteroatoms. The molecule has 1 amide bonds. The summed E-state index contributed by atoms with van der Waals surface area (Å²) in [6.45, 7) is 7.48. The summed E-state index contributed by atoms with van der Waals surface area (Å²) in [5, 5.41) is 2.77. The van der Waals surface area contributed by atoms with Crippen LogP contribution >= 0.6 is 12.4 Å². The van der Waals surface area contributed by atoms with Gasteiger partial charge in [-0.05, 0) is 31.5 Å². The van der Waals surface area contributed by atoms with Gasteiger partial charge in [0.05, 0.1) is 0 Å². The first-order chi connectivity index (χ1) is 7.40. The van der Waals surface area contributed by atoms with Crippen molar-refractivity contribution in [2.24, 2.45) is 11.7 Å². The van der Waals surface area contributed by atoms with Crippen molar-refractivity contribution in [1.29, 1.82) is 0 Å². The van der Waals surface area contributed by atoms with Gasteiger partial charge in [-0.15, -0.1) is 12.4 Å². The second-order valence-electron chi connectivity index (χ2n) is 4.36. The first kappa shape index (κ1) is 15.9. The molecule has 1 atom stereocenters. The molecular formula is C12H20ClN3O. The number of carbonyl (C=O) groups excluding carboxylic acids is 1. The molecule has 0 spiro atoms. The smallest absolute Gasteiger partial charge is 0.228 e. The lowest BCUT2D eigenvalue weighted by molar-refractivity contribution is -0.118. The number of rotatable bonds is 3. The molecule has 0 fully saturated rings. The molecule has 1 rings (SSSR count). The molecule has 0 saturated carbocycles. The summed E-state index contributed by atoms with van der Waals surface area (Å²) >= 11 is 0. The van der Waals surface area contributed by atoms with Crippen LogP contribution in [0.25, 0.3) is 0 Å². The quantitative estimate of drug-likeness (QED) is 0.874. The number of hydrogen-bond acceptors (Lipinski definition) is 3. The van der Waals surface area contributed by atoms with Gasteiger partial charge < -0.3 is 11.1 Å². The average molecular weight is 258 g/mol. The maximum atomic E-state index is 11.5. The van der Waals surface area contributed by atoms with Gasteiger partial charge in [0.15, 0.2) is 0 Å². The molecule has 0 aliphatic carbocycles. The first-order valence-electron chi connectivity index (χ1n) is 5.45. The lowest BCUT2D eigenvalue weighted by Gasteiger charge is -2.11. The summed E-state index contributed by atoms with van der Waals surface area (Å²) in [6.07, 6.45) is 0. The molecule has 1 unspecified atom stereocenters. The molecule has 0 aromatic carbocycles. The van der Waals surface area contributed by atoms with E-state index >= 15 is 0 Å². The molecule has 0 aliphatic heterocycles. The van der Waals surface area contributed by atoms with Gasteiger partial charge in [0.2, 0.25) is 5.91 Å². The van der Waals surface area contributed by atoms with Crippen molar-refractivity contribution in [1.82, 2.24) is 4.98 Å². The van der Waals surface area contributed by atoms with Crippen molar-refractivity contribution in [2.45, 2.75) is 33.7 Å². The number of aryl methyl sites for hydroxylation is 1. The van der Waals surface area contributed by atoms with E-state index in [4.69, 9.17) is 5.73 Å². The van der Waals surface area contributed by atoms with E-state index in [9.17, 15) is 4.79 Å². The molecule has 4 nitrogen and oxygen atoms in total. The summed E-state index contributed by atoms with van der Waals surface area (Å²) in [5.41, 5.74) is 7.64. The molecule has 1 heterocycles. The minimum Gasteiger partial charge on any atom is -0.324 e. The van der Waals surface area contributed by atoms with Crippen LogP contribution in [0.2, 0.25) is 0 Å². The zero-order valence-electron chi connectivity index (χ0n) is 10.7. The van der Waals surface area contributed by atoms with E-state index in [1.54, 1.807) is 0 Å². The van der Waals surface area contributed by atoms with E-state index in [2.05, 4.69) is 10.3 Å². The van der Waals surface area contributed by atoms with E-state index in [0.29, 0.717) is 5.82 Å². The first-order valence-corrected chi connectivity index (χ1v) is 5.45. The molecule has 0 aliphatic rings. The Kier molecular flexibility index (Phi) is 6.13. The number of nitrogens with one attached hydrogen (secondary N) is 1. The van der Waals surface area contributed by atoms with Crippen molar-refractivity contribution in [3.63, 3.8) is 0 Å². The van der Waals surface area contributed by atoms with Crippen LogP contribution in [0.5, 0.6) is 0 Å². The molecule has 1 aromatic heterocycles. The molecule has 3 N–H and O–H groups in total. The SMILES string of the molecule is Cc1cc(C(C)N)cc(NC(=O)C(C)C)n1.Cl. The highest BCUT2D eigenvalue weighted by Gasteiger charge is 2.10. The highest BCUT2D eigenvalue weighted by atomic mass is 35.5. The van der Waals surface area contributed by atoms with E-state index in [-0.39, 0.29) is 30.3 Å². The summed E-state index contributed by atoms with van der Waals surface area (Å²) in [7, 11) is 0. The third-order valence-electron chi connectivity index (χ3n) is 2.28. The standard InChI is InChI=1S/C12H19N3O.ClH/c1-7(2)12(16)15-11-6-10(9(4)13)5-8(3)14-11;/h5-7,9H,13H2,1-4H3,(H,14,15,16);1H. The number of hydrogen-bond donors (Lipinski definition) is 2. The Labute approximate surface area is 108 Å². The van der Waals surface area contributed by atoms with Crippen molar-refractivity contribution >= 4 is 24.1 Å². The maximum absolute atomic E-state index is 11.5. The molecule has 0 saturated heterocycles. The number of pyridine rings is 1. The maximum Gasteiger partial charge on any atom is 0.228 e. The predicted molar refractivity (Wildman–Crippen MR) is 72.3 cm³/mol. The third kappa shape index (κ3) is 4.71. The number of aromatic nitrogens is 1. The Bertz CT molecular complexity index is 391. The van der Waals surface area contributed by atoms with Gasteiger partial charge in [-0.1, -0.05) is 13.8 Å². The number of amides is 1. The number of anilines is 1. The fraction of sp³-hybridized carbons (Fsp3) is 0.500. The summed E-state index contributed by atoms with van der Waals surface area (Å²) in [4.78, 5) is 15.8. The van der Waals surface area contributed by atoms with Crippen LogP contribution in [0.1, 0.15) is 38.1 Å². The van der Waals surface area contributed by atoms with Gasteiger partial charge in [0.1, 0.15) is 5.82 Å². The van der Waals surface area contributed by atoms with Gasteiger partial charge in [-0.3, -0.25) is 4.79 Å². The summed E-state index contributed by atoms with van der Waals surface area (Å²) in [6, 6.07) is 3.68. The van der Waals surface area contributed by atoms with Crippen molar-refractivity contribution < 1.29 is 4.79 Å². The average Bonchev–Trinajstić information content (AvgIpc) is 2.16. The number of carbonyl (C=O) groups is 1. The molecular weight excluding hydrogens is 238 g/mol. The van der Waals surface area contributed by atoms with Gasteiger partial charge in [0.25, 0.3) is 0 Å². The zero-order valence-corrected chi connectivity index (χ0v) is 11.5. The minimum absolute atomic E-state index is 0. The van der Waals surface area contributed by atoms with Gasteiger partial charge in [-0.2, -0.15) is 0 Å². The van der Waals surface area contributed by atoms with Crippen LogP contribution in [-0.2, 0) is 4.79 Å². The summed E-state index contributed by atoms with van der Waals surface area (Å²) < 4.78 is 0. The molecule has 0 bridgehead atoms. The Morgan fingerprint density at radius 1 is 1.35 bits per heavy atom. The largest absolute Gasteiger partial charge is 0.324 e. The van der Waals surface area contributed by atoms with Crippen LogP contribution in [0.3, 0.4) is 0 Å². The van der Waals surface area contributed by atoms with E-state index in [1.807, 2.05) is 39.8 Å². The van der Waals surface area contributed by atoms with Crippen molar-refractivity contribution in [2.75, 3.05) is 5.32 Å². The van der Waals surface area contributed by atoms with Gasteiger partial charge >= 0.3 is 0 Å². The second-order valence-corrected chi connectivity index (χ2v) is 4.36. The summed E-state index contributed by atoms with van der Waals surface area (Å²) in [5.74, 6) is 0.487. The normalized spacial score (nSPS) is 11.9. The molecule has 0 radical (unpaired) electrons. The highest BCUT2D eigenvalue weighted by Crippen LogP contribution is 2.16. The molecule has 17 heavy (non-hydrogen) atoms. The topological polar surface area (TPSA) is 68.0 Å². The molecule has 1 aromatic rings. The predicted octanol–water partition coefficient (Wildman–Crippen LogP) is 2.43.